The summed E-state index contributed by atoms with van der Waals surface area (Å²) in [5.74, 6) is 0.508. The van der Waals surface area contributed by atoms with Gasteiger partial charge in [-0.2, -0.15) is 0 Å². The van der Waals surface area contributed by atoms with Gasteiger partial charge in [-0.3, -0.25) is 14.6 Å². The number of hydrogen-bond acceptors (Lipinski definition) is 4. The van der Waals surface area contributed by atoms with Gasteiger partial charge in [-0.05, 0) is 73.0 Å². The summed E-state index contributed by atoms with van der Waals surface area (Å²) in [5.41, 5.74) is 4.73. The van der Waals surface area contributed by atoms with E-state index in [4.69, 9.17) is 4.74 Å². The number of rotatable bonds is 6. The minimum atomic E-state index is -0.193. The summed E-state index contributed by atoms with van der Waals surface area (Å²) in [4.78, 5) is 35.1. The third-order valence-corrected chi connectivity index (χ3v) is 5.47. The van der Waals surface area contributed by atoms with Gasteiger partial charge in [0.2, 0.25) is 0 Å². The summed E-state index contributed by atoms with van der Waals surface area (Å²) < 4.78 is 5.20. The molecule has 2 heterocycles. The number of nitrogens with one attached hydrogen (secondary N) is 1. The van der Waals surface area contributed by atoms with E-state index in [0.717, 1.165) is 27.6 Å². The lowest BCUT2D eigenvalue weighted by Gasteiger charge is -2.23. The largest absolute Gasteiger partial charge is 0.497 e. The predicted octanol–water partition coefficient (Wildman–Crippen LogP) is 4.39. The van der Waals surface area contributed by atoms with Crippen LogP contribution in [0.3, 0.4) is 0 Å². The minimum absolute atomic E-state index is 0.170. The first-order valence-electron chi connectivity index (χ1n) is 10.4. The highest BCUT2D eigenvalue weighted by Gasteiger charge is 2.19. The van der Waals surface area contributed by atoms with Crippen LogP contribution in [0.5, 0.6) is 5.75 Å². The zero-order valence-electron chi connectivity index (χ0n) is 18.4. The Hall–Kier alpha value is -3.93. The van der Waals surface area contributed by atoms with Gasteiger partial charge in [0.05, 0.1) is 13.7 Å². The van der Waals surface area contributed by atoms with Crippen molar-refractivity contribution >= 4 is 16.8 Å². The molecular weight excluding hydrogens is 402 g/mol. The van der Waals surface area contributed by atoms with Gasteiger partial charge in [-0.15, -0.1) is 0 Å². The molecule has 0 aliphatic carbocycles. The maximum absolute atomic E-state index is 13.4. The highest BCUT2D eigenvalue weighted by molar-refractivity contribution is 5.94. The average molecular weight is 428 g/mol. The SMILES string of the molecule is COc1ccc(C(=O)N(Cc2cccnc2)Cc2cc3c(C)cc(C)cc3[nH]c2=O)cc1. The van der Waals surface area contributed by atoms with E-state index >= 15 is 0 Å². The molecule has 2 aromatic heterocycles. The fraction of sp³-hybridized carbons (Fsp3) is 0.192. The van der Waals surface area contributed by atoms with Crippen LogP contribution in [0.4, 0.5) is 0 Å². The Kier molecular flexibility index (Phi) is 6.03. The topological polar surface area (TPSA) is 75.3 Å². The number of amides is 1. The molecule has 0 unspecified atom stereocenters. The van der Waals surface area contributed by atoms with Crippen molar-refractivity contribution in [3.05, 3.63) is 105 Å². The number of carbonyl (C=O) groups is 1. The number of carbonyl (C=O) groups excluding carboxylic acids is 1. The molecule has 6 nitrogen and oxygen atoms in total. The van der Waals surface area contributed by atoms with Crippen LogP contribution in [0.25, 0.3) is 10.9 Å². The number of benzene rings is 2. The molecule has 0 saturated heterocycles. The summed E-state index contributed by atoms with van der Waals surface area (Å²) in [6.07, 6.45) is 3.42. The molecule has 0 bridgehead atoms. The van der Waals surface area contributed by atoms with Gasteiger partial charge in [-0.25, -0.2) is 0 Å². The van der Waals surface area contributed by atoms with Gasteiger partial charge >= 0.3 is 0 Å². The number of H-pyrrole nitrogens is 1. The Labute approximate surface area is 186 Å². The van der Waals surface area contributed by atoms with Crippen LogP contribution in [0.1, 0.15) is 32.6 Å². The van der Waals surface area contributed by atoms with E-state index in [-0.39, 0.29) is 18.0 Å². The lowest BCUT2D eigenvalue weighted by atomic mass is 10.0. The van der Waals surface area contributed by atoms with Crippen molar-refractivity contribution in [1.29, 1.82) is 0 Å². The maximum atomic E-state index is 13.4. The highest BCUT2D eigenvalue weighted by Crippen LogP contribution is 2.21. The van der Waals surface area contributed by atoms with E-state index in [1.54, 1.807) is 48.7 Å². The Morgan fingerprint density at radius 2 is 1.84 bits per heavy atom. The quantitative estimate of drug-likeness (QED) is 0.495. The van der Waals surface area contributed by atoms with Gasteiger partial charge in [0.1, 0.15) is 5.75 Å². The normalized spacial score (nSPS) is 10.8. The molecular formula is C26H25N3O3. The van der Waals surface area contributed by atoms with Crippen LogP contribution >= 0.6 is 0 Å². The van der Waals surface area contributed by atoms with Crippen molar-refractivity contribution in [2.24, 2.45) is 0 Å². The van der Waals surface area contributed by atoms with E-state index in [2.05, 4.69) is 16.0 Å². The van der Waals surface area contributed by atoms with Crippen molar-refractivity contribution in [2.45, 2.75) is 26.9 Å². The van der Waals surface area contributed by atoms with E-state index in [1.807, 2.05) is 38.1 Å². The molecule has 162 valence electrons. The smallest absolute Gasteiger partial charge is 0.254 e. The molecule has 0 atom stereocenters. The van der Waals surface area contributed by atoms with Crippen molar-refractivity contribution in [3.8, 4) is 5.75 Å². The van der Waals surface area contributed by atoms with Crippen LogP contribution < -0.4 is 10.3 Å². The lowest BCUT2D eigenvalue weighted by molar-refractivity contribution is 0.0729. The van der Waals surface area contributed by atoms with Crippen LogP contribution in [0, 0.1) is 13.8 Å². The van der Waals surface area contributed by atoms with Crippen molar-refractivity contribution in [3.63, 3.8) is 0 Å². The van der Waals surface area contributed by atoms with Gasteiger partial charge in [0, 0.05) is 41.0 Å². The zero-order valence-corrected chi connectivity index (χ0v) is 18.4. The number of aromatic amines is 1. The molecule has 0 fully saturated rings. The second-order valence-electron chi connectivity index (χ2n) is 7.92. The molecule has 1 N–H and O–H groups in total. The van der Waals surface area contributed by atoms with Gasteiger partial charge < -0.3 is 14.6 Å². The van der Waals surface area contributed by atoms with Gasteiger partial charge in [0.15, 0.2) is 0 Å². The summed E-state index contributed by atoms with van der Waals surface area (Å²) >= 11 is 0. The van der Waals surface area contributed by atoms with Crippen LogP contribution in [0.15, 0.2) is 71.8 Å². The minimum Gasteiger partial charge on any atom is -0.497 e. The van der Waals surface area contributed by atoms with E-state index < -0.39 is 0 Å². The number of ether oxygens (including phenoxy) is 1. The lowest BCUT2D eigenvalue weighted by Crippen LogP contribution is -2.32. The second-order valence-corrected chi connectivity index (χ2v) is 7.92. The average Bonchev–Trinajstić information content (AvgIpc) is 2.79. The number of pyridine rings is 2. The number of aryl methyl sites for hydroxylation is 2. The first-order valence-corrected chi connectivity index (χ1v) is 10.4. The number of nitrogens with zero attached hydrogens (tertiary/aromatic N) is 2. The summed E-state index contributed by atoms with van der Waals surface area (Å²) in [6.45, 7) is 4.54. The molecule has 0 radical (unpaired) electrons. The van der Waals surface area contributed by atoms with Crippen molar-refractivity contribution in [2.75, 3.05) is 7.11 Å². The van der Waals surface area contributed by atoms with Crippen LogP contribution in [0.2, 0.25) is 0 Å². The molecule has 0 spiro atoms. The Bertz CT molecular complexity index is 1310. The number of hydrogen-bond donors (Lipinski definition) is 1. The van der Waals surface area contributed by atoms with Crippen molar-refractivity contribution < 1.29 is 9.53 Å². The summed E-state index contributed by atoms with van der Waals surface area (Å²) in [5, 5.41) is 0.975. The van der Waals surface area contributed by atoms with E-state index in [1.165, 1.54) is 0 Å². The van der Waals surface area contributed by atoms with Crippen molar-refractivity contribution in [1.82, 2.24) is 14.9 Å². The first kappa shape index (κ1) is 21.3. The predicted molar refractivity (Wildman–Crippen MR) is 125 cm³/mol. The maximum Gasteiger partial charge on any atom is 0.254 e. The fourth-order valence-electron chi connectivity index (χ4n) is 3.87. The Balaban J connectivity index is 1.72. The zero-order chi connectivity index (χ0) is 22.7. The monoisotopic (exact) mass is 427 g/mol. The van der Waals surface area contributed by atoms with E-state index in [9.17, 15) is 9.59 Å². The van der Waals surface area contributed by atoms with E-state index in [0.29, 0.717) is 23.4 Å². The highest BCUT2D eigenvalue weighted by atomic mass is 16.5. The summed E-state index contributed by atoms with van der Waals surface area (Å²) in [7, 11) is 1.58. The van der Waals surface area contributed by atoms with Gasteiger partial charge in [0.25, 0.3) is 11.5 Å². The Morgan fingerprint density at radius 3 is 2.53 bits per heavy atom. The van der Waals surface area contributed by atoms with Crippen LogP contribution in [-0.4, -0.2) is 27.9 Å². The first-order chi connectivity index (χ1) is 15.4. The molecule has 1 amide bonds. The fourth-order valence-corrected chi connectivity index (χ4v) is 3.87. The molecule has 2 aromatic carbocycles. The van der Waals surface area contributed by atoms with Crippen LogP contribution in [-0.2, 0) is 13.1 Å². The summed E-state index contributed by atoms with van der Waals surface area (Å²) in [6, 6.07) is 16.7. The third kappa shape index (κ3) is 4.54. The molecule has 0 aliphatic heterocycles. The Morgan fingerprint density at radius 1 is 1.06 bits per heavy atom. The number of aromatic nitrogens is 2. The number of fused-ring (bicyclic) bond motifs is 1. The molecule has 6 heteroatoms. The standard InChI is InChI=1S/C26H25N3O3/c1-17-11-18(2)23-13-21(25(30)28-24(23)12-17)16-29(15-19-5-4-10-27-14-19)26(31)20-6-8-22(32-3)9-7-20/h4-14H,15-16H2,1-3H3,(H,28,30). The molecule has 4 aromatic rings. The molecule has 0 saturated carbocycles. The second kappa shape index (κ2) is 9.06. The molecule has 4 rings (SSSR count). The molecule has 32 heavy (non-hydrogen) atoms. The molecule has 0 aliphatic rings. The number of methoxy groups -OCH3 is 1. The van der Waals surface area contributed by atoms with Gasteiger partial charge in [-0.1, -0.05) is 12.1 Å². The third-order valence-electron chi connectivity index (χ3n) is 5.47.